The molecular formula is C42H24O. The zero-order valence-electron chi connectivity index (χ0n) is 23.3. The second-order valence-electron chi connectivity index (χ2n) is 11.6. The molecule has 9 aromatic carbocycles. The highest BCUT2D eigenvalue weighted by Gasteiger charge is 2.21. The summed E-state index contributed by atoms with van der Waals surface area (Å²) in [5, 5.41) is 12.8. The van der Waals surface area contributed by atoms with Gasteiger partial charge >= 0.3 is 0 Å². The van der Waals surface area contributed by atoms with E-state index >= 15 is 0 Å². The van der Waals surface area contributed by atoms with E-state index in [9.17, 15) is 0 Å². The monoisotopic (exact) mass is 544 g/mol. The van der Waals surface area contributed by atoms with E-state index in [0.717, 1.165) is 17.1 Å². The van der Waals surface area contributed by atoms with E-state index in [0.29, 0.717) is 0 Å². The van der Waals surface area contributed by atoms with Gasteiger partial charge in [-0.3, -0.25) is 0 Å². The summed E-state index contributed by atoms with van der Waals surface area (Å²) in [6.07, 6.45) is 0. The number of hydrogen-bond acceptors (Lipinski definition) is 1. The van der Waals surface area contributed by atoms with Gasteiger partial charge in [0.05, 0.1) is 0 Å². The summed E-state index contributed by atoms with van der Waals surface area (Å²) < 4.78 is 6.39. The van der Waals surface area contributed by atoms with Gasteiger partial charge in [0.25, 0.3) is 0 Å². The number of benzene rings is 9. The van der Waals surface area contributed by atoms with E-state index in [1.165, 1.54) is 81.7 Å². The van der Waals surface area contributed by atoms with E-state index in [1.807, 2.05) is 0 Å². The molecule has 10 rings (SSSR count). The molecule has 9 aromatic rings. The Morgan fingerprint density at radius 2 is 0.884 bits per heavy atom. The quantitative estimate of drug-likeness (QED) is 0.197. The molecule has 198 valence electrons. The second kappa shape index (κ2) is 8.44. The summed E-state index contributed by atoms with van der Waals surface area (Å²) in [5.41, 5.74) is 7.32. The fraction of sp³-hybridized carbons (Fsp3) is 0. The highest BCUT2D eigenvalue weighted by atomic mass is 16.5. The van der Waals surface area contributed by atoms with Crippen molar-refractivity contribution in [1.82, 2.24) is 0 Å². The summed E-state index contributed by atoms with van der Waals surface area (Å²) in [6, 6.07) is 53.2. The molecule has 1 heterocycles. The Kier molecular flexibility index (Phi) is 4.51. The molecule has 0 bridgehead atoms. The fourth-order valence-electron chi connectivity index (χ4n) is 7.50. The first-order valence-electron chi connectivity index (χ1n) is 14.8. The average Bonchev–Trinajstić information content (AvgIpc) is 3.07. The van der Waals surface area contributed by atoms with Crippen molar-refractivity contribution in [3.05, 3.63) is 146 Å². The molecule has 0 aromatic heterocycles. The number of rotatable bonds is 2. The molecule has 0 atom stereocenters. The molecule has 1 aliphatic heterocycles. The largest absolute Gasteiger partial charge is 0.456 e. The lowest BCUT2D eigenvalue weighted by molar-refractivity contribution is 0.487. The maximum Gasteiger partial charge on any atom is 0.135 e. The van der Waals surface area contributed by atoms with Gasteiger partial charge < -0.3 is 4.74 Å². The molecule has 43 heavy (non-hydrogen) atoms. The molecule has 1 nitrogen and oxygen atoms in total. The second-order valence-corrected chi connectivity index (χ2v) is 11.6. The van der Waals surface area contributed by atoms with Crippen LogP contribution in [0.2, 0.25) is 0 Å². The minimum atomic E-state index is 0.907. The van der Waals surface area contributed by atoms with Crippen molar-refractivity contribution in [1.29, 1.82) is 0 Å². The molecule has 1 aliphatic rings. The normalized spacial score (nSPS) is 12.4. The summed E-state index contributed by atoms with van der Waals surface area (Å²) in [5.74, 6) is 1.83. The molecule has 0 unspecified atom stereocenters. The molecule has 0 spiro atoms. The minimum Gasteiger partial charge on any atom is -0.456 e. The van der Waals surface area contributed by atoms with Gasteiger partial charge in [0.15, 0.2) is 0 Å². The van der Waals surface area contributed by atoms with E-state index in [1.54, 1.807) is 0 Å². The zero-order valence-corrected chi connectivity index (χ0v) is 23.3. The molecule has 1 heteroatoms. The Bertz CT molecular complexity index is 2570. The van der Waals surface area contributed by atoms with Gasteiger partial charge in [-0.2, -0.15) is 0 Å². The summed E-state index contributed by atoms with van der Waals surface area (Å²) in [6.45, 7) is 0. The van der Waals surface area contributed by atoms with Crippen molar-refractivity contribution in [3.63, 3.8) is 0 Å². The molecule has 0 aliphatic carbocycles. The average molecular weight is 545 g/mol. The molecule has 0 radical (unpaired) electrons. The van der Waals surface area contributed by atoms with Crippen molar-refractivity contribution >= 4 is 53.9 Å². The van der Waals surface area contributed by atoms with E-state index in [4.69, 9.17) is 4.74 Å². The van der Waals surface area contributed by atoms with Gasteiger partial charge in [0.1, 0.15) is 11.5 Å². The fourth-order valence-corrected chi connectivity index (χ4v) is 7.50. The van der Waals surface area contributed by atoms with Crippen LogP contribution < -0.4 is 4.74 Å². The Morgan fingerprint density at radius 1 is 0.302 bits per heavy atom. The first-order chi connectivity index (χ1) is 21.3. The summed E-state index contributed by atoms with van der Waals surface area (Å²) >= 11 is 0. The third-order valence-electron chi connectivity index (χ3n) is 9.41. The maximum absolute atomic E-state index is 6.39. The van der Waals surface area contributed by atoms with Crippen LogP contribution in [-0.4, -0.2) is 0 Å². The Labute approximate surface area is 248 Å². The van der Waals surface area contributed by atoms with Crippen LogP contribution in [0.3, 0.4) is 0 Å². The van der Waals surface area contributed by atoms with E-state index in [-0.39, 0.29) is 0 Å². The lowest BCUT2D eigenvalue weighted by Crippen LogP contribution is -1.97. The molecule has 0 saturated heterocycles. The van der Waals surface area contributed by atoms with Crippen molar-refractivity contribution in [2.24, 2.45) is 0 Å². The van der Waals surface area contributed by atoms with Crippen LogP contribution in [0, 0.1) is 0 Å². The van der Waals surface area contributed by atoms with Gasteiger partial charge in [0, 0.05) is 10.9 Å². The molecule has 0 N–H and O–H groups in total. The predicted molar refractivity (Wildman–Crippen MR) is 182 cm³/mol. The molecule has 0 fully saturated rings. The number of ether oxygens (including phenoxy) is 1. The van der Waals surface area contributed by atoms with Crippen molar-refractivity contribution in [3.8, 4) is 44.9 Å². The smallest absolute Gasteiger partial charge is 0.135 e. The van der Waals surface area contributed by atoms with Crippen LogP contribution in [0.15, 0.2) is 146 Å². The molecule has 0 amide bonds. The lowest BCUT2D eigenvalue weighted by Gasteiger charge is -2.22. The van der Waals surface area contributed by atoms with Crippen LogP contribution in [0.25, 0.3) is 87.2 Å². The first kappa shape index (κ1) is 23.0. The first-order valence-corrected chi connectivity index (χ1v) is 14.8. The van der Waals surface area contributed by atoms with Crippen LogP contribution >= 0.6 is 0 Å². The van der Waals surface area contributed by atoms with Crippen molar-refractivity contribution in [2.75, 3.05) is 0 Å². The SMILES string of the molecule is c1cc2c3c(cccc3c1)-c1cc(-c3cccc4c(-c5ccc6ccc7cccc8ccc5c6c78)cccc34)ccc1O2. The van der Waals surface area contributed by atoms with Gasteiger partial charge in [-0.15, -0.1) is 0 Å². The third-order valence-corrected chi connectivity index (χ3v) is 9.41. The van der Waals surface area contributed by atoms with Gasteiger partial charge in [-0.1, -0.05) is 127 Å². The van der Waals surface area contributed by atoms with Crippen molar-refractivity contribution < 1.29 is 4.74 Å². The highest BCUT2D eigenvalue weighted by molar-refractivity contribution is 6.26. The molecular weight excluding hydrogens is 520 g/mol. The van der Waals surface area contributed by atoms with Gasteiger partial charge in [-0.25, -0.2) is 0 Å². The van der Waals surface area contributed by atoms with Crippen LogP contribution in [0.1, 0.15) is 0 Å². The Morgan fingerprint density at radius 3 is 1.72 bits per heavy atom. The predicted octanol–water partition coefficient (Wildman–Crippen LogP) is 12.0. The van der Waals surface area contributed by atoms with Crippen LogP contribution in [0.5, 0.6) is 11.5 Å². The van der Waals surface area contributed by atoms with Crippen molar-refractivity contribution in [2.45, 2.75) is 0 Å². The highest BCUT2D eigenvalue weighted by Crippen LogP contribution is 2.48. The third kappa shape index (κ3) is 3.17. The van der Waals surface area contributed by atoms with E-state index < -0.39 is 0 Å². The van der Waals surface area contributed by atoms with Gasteiger partial charge in [0.2, 0.25) is 0 Å². The summed E-state index contributed by atoms with van der Waals surface area (Å²) in [7, 11) is 0. The zero-order chi connectivity index (χ0) is 28.1. The van der Waals surface area contributed by atoms with Crippen LogP contribution in [0.4, 0.5) is 0 Å². The minimum absolute atomic E-state index is 0.907. The Hall–Kier alpha value is -5.66. The maximum atomic E-state index is 6.39. The summed E-state index contributed by atoms with van der Waals surface area (Å²) in [4.78, 5) is 0. The topological polar surface area (TPSA) is 9.23 Å². The van der Waals surface area contributed by atoms with Crippen LogP contribution in [-0.2, 0) is 0 Å². The number of hydrogen-bond donors (Lipinski definition) is 0. The Balaban J connectivity index is 1.19. The standard InChI is InChI=1S/C42H24O/c1-6-26-16-17-28-18-21-34(36-22-19-27(7-1)40(26)42(28)36)33-13-5-11-31-30(10-4-12-32(31)33)29-20-23-38-37(24-29)35-14-2-8-25-9-3-15-39(43-38)41(25)35/h1-24H. The number of fused-ring (bicyclic) bond motifs is 3. The lowest BCUT2D eigenvalue weighted by atomic mass is 9.87. The van der Waals surface area contributed by atoms with Gasteiger partial charge in [-0.05, 0) is 94.5 Å². The van der Waals surface area contributed by atoms with E-state index in [2.05, 4.69) is 146 Å². The molecule has 0 saturated carbocycles.